The molecule has 1 heterocycles. The van der Waals surface area contributed by atoms with Crippen LogP contribution in [0, 0.1) is 0 Å². The summed E-state index contributed by atoms with van der Waals surface area (Å²) in [6, 6.07) is 13.4. The van der Waals surface area contributed by atoms with Crippen LogP contribution >= 0.6 is 0 Å². The molecule has 0 unspecified atom stereocenters. The van der Waals surface area contributed by atoms with E-state index in [1.165, 1.54) is 0 Å². The second-order valence-corrected chi connectivity index (χ2v) is 6.27. The van der Waals surface area contributed by atoms with Crippen molar-refractivity contribution in [3.63, 3.8) is 0 Å². The molecule has 0 fully saturated rings. The Labute approximate surface area is 165 Å². The van der Waals surface area contributed by atoms with Gasteiger partial charge in [0, 0.05) is 31.0 Å². The van der Waals surface area contributed by atoms with Gasteiger partial charge in [-0.15, -0.1) is 0 Å². The normalized spacial score (nSPS) is 10.5. The Morgan fingerprint density at radius 2 is 1.82 bits per heavy atom. The third kappa shape index (κ3) is 5.13. The van der Waals surface area contributed by atoms with Crippen LogP contribution in [-0.2, 0) is 13.1 Å². The summed E-state index contributed by atoms with van der Waals surface area (Å²) in [5.74, 6) is 1.08. The number of nitrogens with zero attached hydrogens (tertiary/aromatic N) is 2. The number of imidazole rings is 1. The predicted octanol–water partition coefficient (Wildman–Crippen LogP) is 3.66. The minimum atomic E-state index is -0.149. The van der Waals surface area contributed by atoms with E-state index in [0.29, 0.717) is 36.8 Å². The fourth-order valence-electron chi connectivity index (χ4n) is 2.91. The second-order valence-electron chi connectivity index (χ2n) is 6.27. The van der Waals surface area contributed by atoms with Crippen molar-refractivity contribution in [2.24, 2.45) is 0 Å². The number of amides is 1. The maximum atomic E-state index is 12.6. The third-order valence-corrected chi connectivity index (χ3v) is 4.17. The summed E-state index contributed by atoms with van der Waals surface area (Å²) >= 11 is 0. The van der Waals surface area contributed by atoms with Gasteiger partial charge in [0.25, 0.3) is 5.91 Å². The van der Waals surface area contributed by atoms with Gasteiger partial charge in [-0.25, -0.2) is 4.98 Å². The fraction of sp³-hybridized carbons (Fsp3) is 0.273. The van der Waals surface area contributed by atoms with Crippen LogP contribution in [0.5, 0.6) is 11.5 Å². The Morgan fingerprint density at radius 1 is 1.04 bits per heavy atom. The van der Waals surface area contributed by atoms with Gasteiger partial charge in [0.1, 0.15) is 0 Å². The molecule has 0 atom stereocenters. The molecular formula is C22H25N3O3. The molecule has 0 saturated carbocycles. The Morgan fingerprint density at radius 3 is 2.57 bits per heavy atom. The van der Waals surface area contributed by atoms with Gasteiger partial charge < -0.3 is 19.4 Å². The van der Waals surface area contributed by atoms with Gasteiger partial charge in [0.2, 0.25) is 0 Å². The number of nitrogens with one attached hydrogen (secondary N) is 1. The monoisotopic (exact) mass is 379 g/mol. The van der Waals surface area contributed by atoms with Crippen LogP contribution in [0.25, 0.3) is 0 Å². The number of aromatic nitrogens is 2. The Hall–Kier alpha value is -3.28. The molecule has 3 aromatic rings. The van der Waals surface area contributed by atoms with Crippen molar-refractivity contribution >= 4 is 5.91 Å². The first-order chi connectivity index (χ1) is 13.7. The van der Waals surface area contributed by atoms with Crippen molar-refractivity contribution in [3.8, 4) is 11.5 Å². The lowest BCUT2D eigenvalue weighted by Gasteiger charge is -2.13. The first-order valence-electron chi connectivity index (χ1n) is 9.41. The van der Waals surface area contributed by atoms with Crippen molar-refractivity contribution in [2.75, 3.05) is 13.2 Å². The molecule has 28 heavy (non-hydrogen) atoms. The zero-order valence-electron chi connectivity index (χ0n) is 16.2. The number of hydrogen-bond donors (Lipinski definition) is 1. The van der Waals surface area contributed by atoms with E-state index in [0.717, 1.165) is 17.7 Å². The van der Waals surface area contributed by atoms with E-state index in [-0.39, 0.29) is 5.91 Å². The lowest BCUT2D eigenvalue weighted by Crippen LogP contribution is -2.23. The van der Waals surface area contributed by atoms with Gasteiger partial charge in [-0.2, -0.15) is 0 Å². The summed E-state index contributed by atoms with van der Waals surface area (Å²) in [5, 5.41) is 2.97. The van der Waals surface area contributed by atoms with E-state index in [2.05, 4.69) is 22.4 Å². The Bertz CT molecular complexity index is 907. The van der Waals surface area contributed by atoms with Gasteiger partial charge in [-0.3, -0.25) is 4.79 Å². The first-order valence-corrected chi connectivity index (χ1v) is 9.41. The van der Waals surface area contributed by atoms with Crippen LogP contribution in [0.1, 0.15) is 35.3 Å². The van der Waals surface area contributed by atoms with Gasteiger partial charge in [0.05, 0.1) is 19.5 Å². The van der Waals surface area contributed by atoms with Crippen molar-refractivity contribution in [2.45, 2.75) is 26.9 Å². The van der Waals surface area contributed by atoms with Crippen LogP contribution in [0.4, 0.5) is 0 Å². The van der Waals surface area contributed by atoms with Crippen molar-refractivity contribution < 1.29 is 14.3 Å². The van der Waals surface area contributed by atoms with Crippen molar-refractivity contribution in [1.82, 2.24) is 14.9 Å². The number of benzene rings is 2. The molecule has 1 amide bonds. The molecule has 0 spiro atoms. The summed E-state index contributed by atoms with van der Waals surface area (Å²) in [4.78, 5) is 16.6. The number of rotatable bonds is 9. The van der Waals surface area contributed by atoms with Gasteiger partial charge in [-0.05, 0) is 43.2 Å². The average Bonchev–Trinajstić information content (AvgIpc) is 3.21. The molecule has 1 N–H and O–H groups in total. The summed E-state index contributed by atoms with van der Waals surface area (Å²) in [6.07, 6.45) is 5.48. The molecule has 0 saturated heterocycles. The smallest absolute Gasteiger partial charge is 0.251 e. The fourth-order valence-corrected chi connectivity index (χ4v) is 2.91. The van der Waals surface area contributed by atoms with E-state index < -0.39 is 0 Å². The van der Waals surface area contributed by atoms with Crippen LogP contribution < -0.4 is 14.8 Å². The standard InChI is InChI=1S/C22H25N3O3/c1-3-27-20-9-8-19(13-21(20)28-4-2)22(26)24-14-17-6-5-7-18(12-17)15-25-11-10-23-16-25/h5-13,16H,3-4,14-15H2,1-2H3,(H,24,26). The third-order valence-electron chi connectivity index (χ3n) is 4.17. The molecular weight excluding hydrogens is 354 g/mol. The molecule has 6 heteroatoms. The highest BCUT2D eigenvalue weighted by molar-refractivity contribution is 5.94. The van der Waals surface area contributed by atoms with E-state index in [1.54, 1.807) is 30.7 Å². The van der Waals surface area contributed by atoms with Gasteiger partial charge >= 0.3 is 0 Å². The molecule has 2 aromatic carbocycles. The van der Waals surface area contributed by atoms with Crippen molar-refractivity contribution in [1.29, 1.82) is 0 Å². The number of ether oxygens (including phenoxy) is 2. The second kappa shape index (κ2) is 9.60. The van der Waals surface area contributed by atoms with E-state index in [9.17, 15) is 4.79 Å². The van der Waals surface area contributed by atoms with Crippen molar-refractivity contribution in [3.05, 3.63) is 77.9 Å². The summed E-state index contributed by atoms with van der Waals surface area (Å²) in [6.45, 7) is 6.07. The van der Waals surface area contributed by atoms with Crippen LogP contribution in [0.3, 0.4) is 0 Å². The van der Waals surface area contributed by atoms with Crippen LogP contribution in [0.15, 0.2) is 61.2 Å². The van der Waals surface area contributed by atoms with E-state index in [1.807, 2.05) is 36.7 Å². The molecule has 3 rings (SSSR count). The summed E-state index contributed by atoms with van der Waals surface area (Å²) in [7, 11) is 0. The molecule has 0 aliphatic heterocycles. The van der Waals surface area contributed by atoms with Gasteiger partial charge in [-0.1, -0.05) is 24.3 Å². The zero-order valence-corrected chi connectivity index (χ0v) is 16.2. The quantitative estimate of drug-likeness (QED) is 0.616. The number of carbonyl (C=O) groups excluding carboxylic acids is 1. The summed E-state index contributed by atoms with van der Waals surface area (Å²) in [5.41, 5.74) is 2.74. The molecule has 146 valence electrons. The minimum Gasteiger partial charge on any atom is -0.490 e. The molecule has 1 aromatic heterocycles. The Balaban J connectivity index is 1.64. The molecule has 6 nitrogen and oxygen atoms in total. The molecule has 0 radical (unpaired) electrons. The summed E-state index contributed by atoms with van der Waals surface area (Å²) < 4.78 is 13.1. The predicted molar refractivity (Wildman–Crippen MR) is 108 cm³/mol. The maximum absolute atomic E-state index is 12.6. The SMILES string of the molecule is CCOc1ccc(C(=O)NCc2cccc(Cn3ccnc3)c2)cc1OCC. The molecule has 0 bridgehead atoms. The van der Waals surface area contributed by atoms with E-state index in [4.69, 9.17) is 9.47 Å². The molecule has 0 aliphatic carbocycles. The van der Waals surface area contributed by atoms with Crippen LogP contribution in [-0.4, -0.2) is 28.7 Å². The lowest BCUT2D eigenvalue weighted by atomic mass is 10.1. The highest BCUT2D eigenvalue weighted by Gasteiger charge is 2.11. The zero-order chi connectivity index (χ0) is 19.8. The number of hydrogen-bond acceptors (Lipinski definition) is 4. The molecule has 0 aliphatic rings. The minimum absolute atomic E-state index is 0.149. The Kier molecular flexibility index (Phi) is 6.68. The van der Waals surface area contributed by atoms with Crippen LogP contribution in [0.2, 0.25) is 0 Å². The largest absolute Gasteiger partial charge is 0.490 e. The maximum Gasteiger partial charge on any atom is 0.251 e. The topological polar surface area (TPSA) is 65.4 Å². The first kappa shape index (κ1) is 19.5. The highest BCUT2D eigenvalue weighted by Crippen LogP contribution is 2.28. The average molecular weight is 379 g/mol. The lowest BCUT2D eigenvalue weighted by molar-refractivity contribution is 0.0950. The van der Waals surface area contributed by atoms with E-state index >= 15 is 0 Å². The highest BCUT2D eigenvalue weighted by atomic mass is 16.5. The number of carbonyl (C=O) groups is 1. The van der Waals surface area contributed by atoms with Gasteiger partial charge in [0.15, 0.2) is 11.5 Å².